The molecule has 2 unspecified atom stereocenters. The quantitative estimate of drug-likeness (QED) is 0.703. The molecule has 0 spiro atoms. The third-order valence-corrected chi connectivity index (χ3v) is 5.84. The fraction of sp³-hybridized carbons (Fsp3) is 0.227. The normalized spacial score (nSPS) is 17.5. The molecule has 0 radical (unpaired) electrons. The second kappa shape index (κ2) is 7.94. The molecule has 0 saturated carbocycles. The van der Waals surface area contributed by atoms with E-state index in [0.717, 1.165) is 16.8 Å². The topological polar surface area (TPSA) is 62.3 Å². The fourth-order valence-corrected chi connectivity index (χ4v) is 4.20. The first-order chi connectivity index (χ1) is 13.6. The summed E-state index contributed by atoms with van der Waals surface area (Å²) in [4.78, 5) is 31.5. The van der Waals surface area contributed by atoms with Crippen LogP contribution < -0.4 is 5.32 Å². The molecule has 6 heteroatoms. The summed E-state index contributed by atoms with van der Waals surface area (Å²) in [6, 6.07) is 19.7. The summed E-state index contributed by atoms with van der Waals surface area (Å²) >= 11 is 1.39. The maximum atomic E-state index is 12.7. The van der Waals surface area contributed by atoms with E-state index in [0.29, 0.717) is 11.7 Å². The van der Waals surface area contributed by atoms with Crippen LogP contribution in [0.2, 0.25) is 0 Å². The zero-order chi connectivity index (χ0) is 19.5. The Morgan fingerprint density at radius 1 is 1.14 bits per heavy atom. The Morgan fingerprint density at radius 2 is 1.82 bits per heavy atom. The van der Waals surface area contributed by atoms with E-state index in [1.165, 1.54) is 11.3 Å². The Morgan fingerprint density at radius 3 is 2.54 bits per heavy atom. The van der Waals surface area contributed by atoms with Crippen molar-refractivity contribution in [1.82, 2.24) is 9.88 Å². The number of anilines is 1. The van der Waals surface area contributed by atoms with E-state index in [1.807, 2.05) is 73.0 Å². The number of hydrogen-bond donors (Lipinski definition) is 1. The van der Waals surface area contributed by atoms with Crippen LogP contribution >= 0.6 is 11.3 Å². The highest BCUT2D eigenvalue weighted by atomic mass is 32.1. The molecule has 142 valence electrons. The summed E-state index contributed by atoms with van der Waals surface area (Å²) in [5.41, 5.74) is 2.92. The van der Waals surface area contributed by atoms with Gasteiger partial charge in [0.1, 0.15) is 0 Å². The minimum absolute atomic E-state index is 0.0145. The van der Waals surface area contributed by atoms with Crippen LogP contribution in [-0.4, -0.2) is 28.2 Å². The number of benzene rings is 2. The number of carbonyl (C=O) groups excluding carboxylic acids is 2. The number of aromatic nitrogens is 1. The minimum Gasteiger partial charge on any atom is -0.335 e. The molecule has 2 aromatic carbocycles. The molecular weight excluding hydrogens is 370 g/mol. The lowest BCUT2D eigenvalue weighted by molar-refractivity contribution is -0.129. The Labute approximate surface area is 168 Å². The summed E-state index contributed by atoms with van der Waals surface area (Å²) in [6.45, 7) is 2.43. The molecule has 1 aromatic heterocycles. The van der Waals surface area contributed by atoms with E-state index in [9.17, 15) is 9.59 Å². The summed E-state index contributed by atoms with van der Waals surface area (Å²) in [6.07, 6.45) is 0.236. The van der Waals surface area contributed by atoms with E-state index >= 15 is 0 Å². The van der Waals surface area contributed by atoms with Gasteiger partial charge in [0.25, 0.3) is 0 Å². The maximum Gasteiger partial charge on any atom is 0.231 e. The molecule has 1 N–H and O–H groups in total. The van der Waals surface area contributed by atoms with Crippen LogP contribution in [0.15, 0.2) is 66.0 Å². The van der Waals surface area contributed by atoms with E-state index in [-0.39, 0.29) is 30.2 Å². The number of nitrogens with zero attached hydrogens (tertiary/aromatic N) is 2. The van der Waals surface area contributed by atoms with Crippen molar-refractivity contribution in [3.63, 3.8) is 0 Å². The minimum atomic E-state index is -0.359. The van der Waals surface area contributed by atoms with Gasteiger partial charge in [-0.2, -0.15) is 0 Å². The molecule has 1 fully saturated rings. The first kappa shape index (κ1) is 18.4. The molecule has 1 aliphatic rings. The molecule has 0 bridgehead atoms. The average molecular weight is 391 g/mol. The van der Waals surface area contributed by atoms with Gasteiger partial charge in [0.15, 0.2) is 5.13 Å². The first-order valence-electron chi connectivity index (χ1n) is 9.28. The van der Waals surface area contributed by atoms with Crippen molar-refractivity contribution in [2.45, 2.75) is 19.4 Å². The van der Waals surface area contributed by atoms with Crippen molar-refractivity contribution in [3.8, 4) is 11.3 Å². The number of carbonyl (C=O) groups is 2. The van der Waals surface area contributed by atoms with E-state index in [2.05, 4.69) is 10.3 Å². The van der Waals surface area contributed by atoms with Gasteiger partial charge in [0, 0.05) is 23.9 Å². The lowest BCUT2D eigenvalue weighted by atomic mass is 10.1. The summed E-state index contributed by atoms with van der Waals surface area (Å²) in [5.74, 6) is -0.492. The van der Waals surface area contributed by atoms with Crippen LogP contribution in [0.1, 0.15) is 24.9 Å². The van der Waals surface area contributed by atoms with E-state index in [4.69, 9.17) is 0 Å². The molecule has 2 atom stereocenters. The van der Waals surface area contributed by atoms with Gasteiger partial charge in [0.2, 0.25) is 11.8 Å². The smallest absolute Gasteiger partial charge is 0.231 e. The molecule has 4 rings (SSSR count). The largest absolute Gasteiger partial charge is 0.335 e. The summed E-state index contributed by atoms with van der Waals surface area (Å²) in [7, 11) is 0. The lowest BCUT2D eigenvalue weighted by Crippen LogP contribution is -2.30. The van der Waals surface area contributed by atoms with Gasteiger partial charge in [-0.3, -0.25) is 9.59 Å². The van der Waals surface area contributed by atoms with Crippen molar-refractivity contribution >= 4 is 28.3 Å². The van der Waals surface area contributed by atoms with Crippen LogP contribution in [0.3, 0.4) is 0 Å². The van der Waals surface area contributed by atoms with E-state index < -0.39 is 0 Å². The molecule has 1 aliphatic heterocycles. The fourth-order valence-electron chi connectivity index (χ4n) is 3.47. The number of thiazole rings is 1. The lowest BCUT2D eigenvalue weighted by Gasteiger charge is -2.25. The van der Waals surface area contributed by atoms with Crippen molar-refractivity contribution in [3.05, 3.63) is 71.6 Å². The number of rotatable bonds is 5. The van der Waals surface area contributed by atoms with Crippen molar-refractivity contribution < 1.29 is 9.59 Å². The highest BCUT2D eigenvalue weighted by molar-refractivity contribution is 7.14. The molecule has 0 aliphatic carbocycles. The summed E-state index contributed by atoms with van der Waals surface area (Å²) < 4.78 is 0. The Hall–Kier alpha value is -2.99. The third kappa shape index (κ3) is 3.82. The molecule has 28 heavy (non-hydrogen) atoms. The summed E-state index contributed by atoms with van der Waals surface area (Å²) in [5, 5.41) is 5.37. The van der Waals surface area contributed by atoms with Gasteiger partial charge < -0.3 is 10.2 Å². The van der Waals surface area contributed by atoms with Crippen LogP contribution in [-0.2, 0) is 9.59 Å². The van der Waals surface area contributed by atoms with Gasteiger partial charge in [-0.15, -0.1) is 11.3 Å². The maximum absolute atomic E-state index is 12.7. The van der Waals surface area contributed by atoms with Crippen molar-refractivity contribution in [2.24, 2.45) is 5.92 Å². The second-order valence-corrected chi connectivity index (χ2v) is 7.79. The molecular formula is C22H21N3O2S. The zero-order valence-electron chi connectivity index (χ0n) is 15.5. The number of nitrogens with one attached hydrogen (secondary N) is 1. The van der Waals surface area contributed by atoms with Crippen molar-refractivity contribution in [2.75, 3.05) is 11.9 Å². The van der Waals surface area contributed by atoms with Crippen LogP contribution in [0.5, 0.6) is 0 Å². The van der Waals surface area contributed by atoms with Gasteiger partial charge in [-0.25, -0.2) is 4.98 Å². The molecule has 2 heterocycles. The standard InChI is InChI=1S/C22H21N3O2S/c1-15(16-8-4-2-5-9-16)25-13-18(12-20(25)26)21(27)24-22-23-19(14-28-22)17-10-6-3-7-11-17/h2-11,14-15,18H,12-13H2,1H3,(H,23,24,27). The zero-order valence-corrected chi connectivity index (χ0v) is 16.4. The van der Waals surface area contributed by atoms with Gasteiger partial charge in [-0.1, -0.05) is 60.7 Å². The molecule has 1 saturated heterocycles. The molecule has 2 amide bonds. The average Bonchev–Trinajstić information content (AvgIpc) is 3.35. The molecule has 5 nitrogen and oxygen atoms in total. The van der Waals surface area contributed by atoms with E-state index in [1.54, 1.807) is 4.90 Å². The Kier molecular flexibility index (Phi) is 5.21. The van der Waals surface area contributed by atoms with Crippen molar-refractivity contribution in [1.29, 1.82) is 0 Å². The van der Waals surface area contributed by atoms with Crippen LogP contribution in [0.4, 0.5) is 5.13 Å². The highest BCUT2D eigenvalue weighted by Crippen LogP contribution is 2.30. The van der Waals surface area contributed by atoms with Gasteiger partial charge in [0.05, 0.1) is 17.7 Å². The van der Waals surface area contributed by atoms with Crippen LogP contribution in [0, 0.1) is 5.92 Å². The number of amides is 2. The number of hydrogen-bond acceptors (Lipinski definition) is 4. The number of likely N-dealkylation sites (tertiary alicyclic amines) is 1. The third-order valence-electron chi connectivity index (χ3n) is 5.08. The second-order valence-electron chi connectivity index (χ2n) is 6.93. The monoisotopic (exact) mass is 391 g/mol. The first-order valence-corrected chi connectivity index (χ1v) is 10.2. The highest BCUT2D eigenvalue weighted by Gasteiger charge is 2.37. The Balaban J connectivity index is 1.41. The van der Waals surface area contributed by atoms with Gasteiger partial charge in [-0.05, 0) is 12.5 Å². The van der Waals surface area contributed by atoms with Gasteiger partial charge >= 0.3 is 0 Å². The predicted molar refractivity (Wildman–Crippen MR) is 111 cm³/mol. The van der Waals surface area contributed by atoms with Crippen LogP contribution in [0.25, 0.3) is 11.3 Å². The SMILES string of the molecule is CC(c1ccccc1)N1CC(C(=O)Nc2nc(-c3ccccc3)cs2)CC1=O. The predicted octanol–water partition coefficient (Wildman–Crippen LogP) is 4.36. The Bertz CT molecular complexity index is 972. The molecule has 3 aromatic rings.